The van der Waals surface area contributed by atoms with E-state index in [0.717, 1.165) is 35.6 Å². The van der Waals surface area contributed by atoms with Gasteiger partial charge in [-0.05, 0) is 25.7 Å². The van der Waals surface area contributed by atoms with Crippen LogP contribution in [0.3, 0.4) is 0 Å². The van der Waals surface area contributed by atoms with Crippen molar-refractivity contribution in [3.05, 3.63) is 18.9 Å². The lowest BCUT2D eigenvalue weighted by atomic mass is 9.89. The summed E-state index contributed by atoms with van der Waals surface area (Å²) in [4.78, 5) is 19.7. The lowest BCUT2D eigenvalue weighted by Gasteiger charge is -2.41. The van der Waals surface area contributed by atoms with Crippen LogP contribution in [0, 0.1) is 0 Å². The summed E-state index contributed by atoms with van der Waals surface area (Å²) in [5.41, 5.74) is 0. The Bertz CT molecular complexity index is 545. The minimum Gasteiger partial charge on any atom is -0.319 e. The van der Waals surface area contributed by atoms with Crippen LogP contribution < -0.4 is 5.32 Å². The van der Waals surface area contributed by atoms with Crippen molar-refractivity contribution in [1.82, 2.24) is 9.88 Å². The molecule has 0 atom stereocenters. The zero-order valence-corrected chi connectivity index (χ0v) is 16.5. The average molecular weight is 380 g/mol. The van der Waals surface area contributed by atoms with E-state index in [1.165, 1.54) is 38.5 Å². The molecule has 2 amide bonds. The van der Waals surface area contributed by atoms with Gasteiger partial charge in [-0.2, -0.15) is 0 Å². The van der Waals surface area contributed by atoms with Gasteiger partial charge in [0, 0.05) is 17.8 Å². The Morgan fingerprint density at radius 2 is 1.80 bits per heavy atom. The van der Waals surface area contributed by atoms with Crippen molar-refractivity contribution in [3.8, 4) is 0 Å². The molecule has 1 aromatic heterocycles. The fraction of sp³-hybridized carbons (Fsp3) is 0.684. The van der Waals surface area contributed by atoms with Gasteiger partial charge in [0.25, 0.3) is 0 Å². The summed E-state index contributed by atoms with van der Waals surface area (Å²) in [6.07, 6.45) is 16.0. The molecule has 2 aliphatic carbocycles. The number of thiazole rings is 1. The minimum absolute atomic E-state index is 0.0634. The van der Waals surface area contributed by atoms with Crippen LogP contribution in [0.5, 0.6) is 0 Å². The van der Waals surface area contributed by atoms with Crippen LogP contribution in [0.25, 0.3) is 0 Å². The van der Waals surface area contributed by atoms with Gasteiger partial charge in [-0.25, -0.2) is 9.78 Å². The number of rotatable bonds is 6. The molecular formula is C19H29N3OS2. The van der Waals surface area contributed by atoms with E-state index in [0.29, 0.717) is 17.2 Å². The van der Waals surface area contributed by atoms with E-state index < -0.39 is 0 Å². The number of thioether (sulfide) groups is 1. The predicted molar refractivity (Wildman–Crippen MR) is 108 cm³/mol. The SMILES string of the molecule is C=CCSc1cnc(NC(=O)N(C2CCCCC2)C2CCCCC2)s1. The second-order valence-electron chi connectivity index (χ2n) is 7.01. The van der Waals surface area contributed by atoms with Crippen LogP contribution >= 0.6 is 23.1 Å². The number of nitrogens with one attached hydrogen (secondary N) is 1. The van der Waals surface area contributed by atoms with Crippen LogP contribution in [0.15, 0.2) is 23.1 Å². The molecule has 0 unspecified atom stereocenters. The third kappa shape index (κ3) is 5.23. The van der Waals surface area contributed by atoms with Crippen molar-refractivity contribution in [1.29, 1.82) is 0 Å². The van der Waals surface area contributed by atoms with E-state index in [4.69, 9.17) is 0 Å². The van der Waals surface area contributed by atoms with E-state index >= 15 is 0 Å². The first kappa shape index (κ1) is 18.8. The first-order valence-corrected chi connectivity index (χ1v) is 11.4. The van der Waals surface area contributed by atoms with E-state index in [2.05, 4.69) is 21.8 Å². The summed E-state index contributed by atoms with van der Waals surface area (Å²) in [6.45, 7) is 3.74. The molecule has 0 spiro atoms. The largest absolute Gasteiger partial charge is 0.324 e. The molecule has 1 aromatic rings. The van der Waals surface area contributed by atoms with E-state index in [1.54, 1.807) is 23.1 Å². The highest BCUT2D eigenvalue weighted by Gasteiger charge is 2.32. The average Bonchev–Trinajstić information content (AvgIpc) is 3.09. The molecule has 2 fully saturated rings. The monoisotopic (exact) mass is 379 g/mol. The molecule has 2 saturated carbocycles. The fourth-order valence-electron chi connectivity index (χ4n) is 4.03. The number of amides is 2. The molecule has 3 rings (SSSR count). The van der Waals surface area contributed by atoms with Crippen molar-refractivity contribution in [2.75, 3.05) is 11.1 Å². The normalized spacial score (nSPS) is 19.5. The zero-order valence-electron chi connectivity index (χ0n) is 14.9. The highest BCUT2D eigenvalue weighted by Crippen LogP contribution is 2.32. The minimum atomic E-state index is 0.0634. The lowest BCUT2D eigenvalue weighted by Crippen LogP contribution is -2.50. The third-order valence-corrected chi connectivity index (χ3v) is 7.32. The van der Waals surface area contributed by atoms with E-state index in [1.807, 2.05) is 12.3 Å². The second-order valence-corrected chi connectivity index (χ2v) is 9.36. The fourth-order valence-corrected chi connectivity index (χ4v) is 5.65. The number of hydrogen-bond donors (Lipinski definition) is 1. The topological polar surface area (TPSA) is 45.2 Å². The number of carbonyl (C=O) groups is 1. The molecule has 0 saturated heterocycles. The van der Waals surface area contributed by atoms with Crippen LogP contribution in [-0.2, 0) is 0 Å². The summed E-state index contributed by atoms with van der Waals surface area (Å²) in [6, 6.07) is 0.881. The van der Waals surface area contributed by atoms with Gasteiger partial charge < -0.3 is 4.90 Å². The number of carbonyl (C=O) groups excluding carboxylic acids is 1. The first-order chi connectivity index (χ1) is 12.3. The van der Waals surface area contributed by atoms with Crippen molar-refractivity contribution in [2.45, 2.75) is 80.5 Å². The molecule has 0 bridgehead atoms. The molecular weight excluding hydrogens is 350 g/mol. The number of aromatic nitrogens is 1. The molecule has 1 heterocycles. The molecule has 0 radical (unpaired) electrons. The van der Waals surface area contributed by atoms with Crippen molar-refractivity contribution >= 4 is 34.3 Å². The summed E-state index contributed by atoms with van der Waals surface area (Å²) in [7, 11) is 0. The number of hydrogen-bond acceptors (Lipinski definition) is 4. The predicted octanol–water partition coefficient (Wildman–Crippen LogP) is 5.92. The highest BCUT2D eigenvalue weighted by molar-refractivity contribution is 8.01. The van der Waals surface area contributed by atoms with Gasteiger partial charge in [0.2, 0.25) is 0 Å². The molecule has 0 aromatic carbocycles. The Morgan fingerprint density at radius 3 is 2.36 bits per heavy atom. The maximum Gasteiger partial charge on any atom is 0.324 e. The first-order valence-electron chi connectivity index (χ1n) is 9.57. The number of anilines is 1. The van der Waals surface area contributed by atoms with Crippen LogP contribution in [-0.4, -0.2) is 33.8 Å². The smallest absolute Gasteiger partial charge is 0.319 e. The van der Waals surface area contributed by atoms with Gasteiger partial charge in [0.05, 0.1) is 10.4 Å². The molecule has 0 aliphatic heterocycles. The van der Waals surface area contributed by atoms with Gasteiger partial charge in [-0.15, -0.1) is 18.3 Å². The molecule has 6 heteroatoms. The molecule has 2 aliphatic rings. The Kier molecular flexibility index (Phi) is 7.23. The Hall–Kier alpha value is -1.01. The molecule has 25 heavy (non-hydrogen) atoms. The lowest BCUT2D eigenvalue weighted by molar-refractivity contribution is 0.114. The van der Waals surface area contributed by atoms with Crippen molar-refractivity contribution in [2.24, 2.45) is 0 Å². The number of nitrogens with zero attached hydrogens (tertiary/aromatic N) is 2. The van der Waals surface area contributed by atoms with Crippen molar-refractivity contribution < 1.29 is 4.79 Å². The van der Waals surface area contributed by atoms with Crippen LogP contribution in [0.1, 0.15) is 64.2 Å². The van der Waals surface area contributed by atoms with Gasteiger partial charge in [-0.3, -0.25) is 5.32 Å². The maximum atomic E-state index is 13.1. The summed E-state index contributed by atoms with van der Waals surface area (Å²) >= 11 is 3.26. The summed E-state index contributed by atoms with van der Waals surface area (Å²) < 4.78 is 1.12. The maximum absolute atomic E-state index is 13.1. The van der Waals surface area contributed by atoms with Crippen LogP contribution in [0.2, 0.25) is 0 Å². The Labute approximate surface area is 159 Å². The van der Waals surface area contributed by atoms with Gasteiger partial charge in [0.15, 0.2) is 5.13 Å². The molecule has 4 nitrogen and oxygen atoms in total. The van der Waals surface area contributed by atoms with Crippen LogP contribution in [0.4, 0.5) is 9.93 Å². The standard InChI is InChI=1S/C19H29N3OS2/c1-2-13-24-17-14-20-18(25-17)21-19(23)22(15-9-5-3-6-10-15)16-11-7-4-8-12-16/h2,14-16H,1,3-13H2,(H,20,21,23). The Morgan fingerprint density at radius 1 is 1.20 bits per heavy atom. The van der Waals surface area contributed by atoms with E-state index in [-0.39, 0.29) is 6.03 Å². The summed E-state index contributed by atoms with van der Waals surface area (Å²) in [5, 5.41) is 3.80. The van der Waals surface area contributed by atoms with Crippen molar-refractivity contribution in [3.63, 3.8) is 0 Å². The number of urea groups is 1. The quantitative estimate of drug-likeness (QED) is 0.493. The second kappa shape index (κ2) is 9.62. The third-order valence-electron chi connectivity index (χ3n) is 5.21. The molecule has 1 N–H and O–H groups in total. The van der Waals surface area contributed by atoms with E-state index in [9.17, 15) is 4.79 Å². The van der Waals surface area contributed by atoms with Gasteiger partial charge in [-0.1, -0.05) is 55.9 Å². The molecule has 138 valence electrons. The Balaban J connectivity index is 1.67. The highest BCUT2D eigenvalue weighted by atomic mass is 32.2. The summed E-state index contributed by atoms with van der Waals surface area (Å²) in [5.74, 6) is 0.867. The van der Waals surface area contributed by atoms with Gasteiger partial charge >= 0.3 is 6.03 Å². The zero-order chi connectivity index (χ0) is 17.5. The van der Waals surface area contributed by atoms with Gasteiger partial charge in [0.1, 0.15) is 0 Å².